The molecule has 1 aliphatic heterocycles. The van der Waals surface area contributed by atoms with Gasteiger partial charge >= 0.3 is 5.97 Å². The average molecular weight is 870 g/mol. The standard InChI is InChI=1S/C39H59N13O10/c1-21(2)32(51-34(58)26(48-30(54)18-42-4)7-5-13-44-39(40)41)37(61)49-27(15-23-9-11-25(53)12-10-23)35(59)47-22(3)33(57)50-28(16-24-17-43-20-46-24)38(62)52-14-6-8-29(52)36(60)45-19-31(55)56/h9-12,17,20-22,26-29,32,42,53H,5-8,13-16,18-19H2,1-4H3,(H,43,46)(H,45,60)(H,47,59)(H,48,54)(H,49,61)(H,50,57)(H,51,58)(H,55,56)(H4,40,41,44)/t22?,26-,27-,28-,29-,32-/m0/s1. The molecule has 62 heavy (non-hydrogen) atoms. The van der Waals surface area contributed by atoms with Gasteiger partial charge < -0.3 is 68.8 Å². The number of nitrogens with zero attached hydrogens (tertiary/aromatic N) is 3. The molecule has 23 nitrogen and oxygen atoms in total. The topological polar surface area (TPSA) is 358 Å². The van der Waals surface area contributed by atoms with Gasteiger partial charge in [0.05, 0.1) is 12.9 Å². The molecular weight excluding hydrogens is 811 g/mol. The molecule has 0 saturated carbocycles. The van der Waals surface area contributed by atoms with E-state index >= 15 is 0 Å². The summed E-state index contributed by atoms with van der Waals surface area (Å²) in [6, 6.07) is -1.21. The number of carboxylic acids is 1. The third kappa shape index (κ3) is 16.0. The van der Waals surface area contributed by atoms with Crippen LogP contribution in [0, 0.1) is 5.92 Å². The van der Waals surface area contributed by atoms with Gasteiger partial charge in [0, 0.05) is 37.8 Å². The van der Waals surface area contributed by atoms with Gasteiger partial charge in [-0.05, 0) is 63.3 Å². The van der Waals surface area contributed by atoms with E-state index in [9.17, 15) is 43.5 Å². The predicted octanol–water partition coefficient (Wildman–Crippen LogP) is -3.53. The van der Waals surface area contributed by atoms with Crippen molar-refractivity contribution in [2.45, 2.75) is 95.5 Å². The van der Waals surface area contributed by atoms with Crippen molar-refractivity contribution < 1.29 is 48.6 Å². The molecule has 2 aromatic rings. The van der Waals surface area contributed by atoms with E-state index in [-0.39, 0.29) is 57.0 Å². The van der Waals surface area contributed by atoms with Crippen LogP contribution in [-0.2, 0) is 51.2 Å². The number of aromatic nitrogens is 2. The number of hydrogen-bond acceptors (Lipinski definition) is 12. The Balaban J connectivity index is 1.81. The van der Waals surface area contributed by atoms with Crippen molar-refractivity contribution in [3.63, 3.8) is 0 Å². The molecule has 1 saturated heterocycles. The summed E-state index contributed by atoms with van der Waals surface area (Å²) < 4.78 is 0. The van der Waals surface area contributed by atoms with Crippen LogP contribution in [-0.4, -0.2) is 148 Å². The summed E-state index contributed by atoms with van der Waals surface area (Å²) in [4.78, 5) is 118. The number of carboxylic acid groups (broad SMARTS) is 1. The van der Waals surface area contributed by atoms with Gasteiger partial charge in [0.1, 0.15) is 48.5 Å². The second-order valence-electron chi connectivity index (χ2n) is 15.1. The highest BCUT2D eigenvalue weighted by atomic mass is 16.4. The Hall–Kier alpha value is -6.78. The molecule has 0 aliphatic carbocycles. The predicted molar refractivity (Wildman–Crippen MR) is 223 cm³/mol. The number of phenolic OH excluding ortho intramolecular Hbond substituents is 1. The maximum absolute atomic E-state index is 14.0. The van der Waals surface area contributed by atoms with Crippen LogP contribution < -0.4 is 48.7 Å². The van der Waals surface area contributed by atoms with Crippen LogP contribution in [0.15, 0.2) is 41.8 Å². The molecule has 0 radical (unpaired) electrons. The van der Waals surface area contributed by atoms with Crippen LogP contribution >= 0.6 is 0 Å². The number of rotatable bonds is 24. The molecule has 1 fully saturated rings. The molecule has 0 bridgehead atoms. The summed E-state index contributed by atoms with van der Waals surface area (Å²) in [5, 5.41) is 37.1. The number of nitrogens with one attached hydrogen (secondary N) is 8. The summed E-state index contributed by atoms with van der Waals surface area (Å²) in [6.07, 6.45) is 3.84. The van der Waals surface area contributed by atoms with E-state index in [0.717, 1.165) is 0 Å². The minimum absolute atomic E-state index is 0.0401. The highest BCUT2D eigenvalue weighted by Crippen LogP contribution is 2.20. The van der Waals surface area contributed by atoms with Crippen molar-refractivity contribution in [2.75, 3.05) is 33.2 Å². The van der Waals surface area contributed by atoms with Crippen LogP contribution in [0.25, 0.3) is 0 Å². The van der Waals surface area contributed by atoms with E-state index in [1.807, 2.05) is 0 Å². The number of aliphatic carboxylic acids is 1. The lowest BCUT2D eigenvalue weighted by Crippen LogP contribution is -2.60. The van der Waals surface area contributed by atoms with E-state index in [1.54, 1.807) is 33.0 Å². The average Bonchev–Trinajstić information content (AvgIpc) is 3.93. The molecule has 1 unspecified atom stereocenters. The number of carbonyl (C=O) groups excluding carboxylic acids is 7. The van der Waals surface area contributed by atoms with Crippen LogP contribution in [0.5, 0.6) is 5.75 Å². The fourth-order valence-electron chi connectivity index (χ4n) is 6.58. The number of hydrogen-bond donors (Lipinski definition) is 12. The molecule has 1 aromatic heterocycles. The minimum atomic E-state index is -1.33. The van der Waals surface area contributed by atoms with Crippen molar-refractivity contribution in [1.82, 2.24) is 52.1 Å². The zero-order chi connectivity index (χ0) is 45.9. The summed E-state index contributed by atoms with van der Waals surface area (Å²) in [5.41, 5.74) is 11.8. The maximum Gasteiger partial charge on any atom is 0.322 e. The fourth-order valence-corrected chi connectivity index (χ4v) is 6.58. The smallest absolute Gasteiger partial charge is 0.322 e. The molecule has 6 atom stereocenters. The maximum atomic E-state index is 14.0. The molecule has 1 aliphatic rings. The van der Waals surface area contributed by atoms with Crippen LogP contribution in [0.2, 0.25) is 0 Å². The van der Waals surface area contributed by atoms with Crippen molar-refractivity contribution in [3.8, 4) is 5.75 Å². The number of aliphatic imine (C=N–C) groups is 1. The van der Waals surface area contributed by atoms with Crippen LogP contribution in [0.1, 0.15) is 57.7 Å². The Kier molecular flexibility index (Phi) is 19.6. The Morgan fingerprint density at radius 2 is 1.55 bits per heavy atom. The molecule has 0 spiro atoms. The summed E-state index contributed by atoms with van der Waals surface area (Å²) in [5.74, 6) is -6.68. The van der Waals surface area contributed by atoms with Gasteiger partial charge in [-0.1, -0.05) is 26.0 Å². The number of phenols is 1. The normalized spacial score (nSPS) is 15.8. The van der Waals surface area contributed by atoms with Crippen molar-refractivity contribution >= 4 is 53.3 Å². The number of nitrogens with two attached hydrogens (primary N) is 2. The number of likely N-dealkylation sites (N-methyl/N-ethyl adjacent to an activating group) is 1. The number of aromatic hydroxyl groups is 1. The molecule has 2 heterocycles. The molecule has 14 N–H and O–H groups in total. The Labute approximate surface area is 358 Å². The third-order valence-corrected chi connectivity index (χ3v) is 9.79. The summed E-state index contributed by atoms with van der Waals surface area (Å²) >= 11 is 0. The number of carbonyl (C=O) groups is 8. The van der Waals surface area contributed by atoms with E-state index < -0.39 is 96.0 Å². The lowest BCUT2D eigenvalue weighted by Gasteiger charge is -2.30. The Morgan fingerprint density at radius 1 is 0.871 bits per heavy atom. The molecule has 7 amide bonds. The lowest BCUT2D eigenvalue weighted by atomic mass is 10.00. The quantitative estimate of drug-likeness (QED) is 0.0276. The van der Waals surface area contributed by atoms with E-state index in [1.165, 1.54) is 36.5 Å². The number of amides is 7. The van der Waals surface area contributed by atoms with Gasteiger partial charge in [-0.2, -0.15) is 0 Å². The van der Waals surface area contributed by atoms with Gasteiger partial charge in [0.25, 0.3) is 0 Å². The first-order valence-corrected chi connectivity index (χ1v) is 20.2. The van der Waals surface area contributed by atoms with Gasteiger partial charge in [-0.15, -0.1) is 0 Å². The number of imidazole rings is 1. The summed E-state index contributed by atoms with van der Waals surface area (Å²) in [6.45, 7) is 4.36. The number of benzene rings is 1. The SMILES string of the molecule is CNCC(=O)N[C@@H](CCCN=C(N)N)C(=O)N[C@H](C(=O)N[C@@H](Cc1ccc(O)cc1)C(=O)NC(C)C(=O)N[C@@H](Cc1cnc[nH]1)C(=O)N1CCC[C@H]1C(=O)NCC(=O)O)C(C)C. The largest absolute Gasteiger partial charge is 0.508 e. The van der Waals surface area contributed by atoms with Crippen molar-refractivity contribution in [1.29, 1.82) is 0 Å². The zero-order valence-electron chi connectivity index (χ0n) is 35.2. The number of likely N-dealkylation sites (tertiary alicyclic amines) is 1. The zero-order valence-corrected chi connectivity index (χ0v) is 35.2. The number of H-pyrrole nitrogens is 1. The Bertz CT molecular complexity index is 1890. The highest BCUT2D eigenvalue weighted by Gasteiger charge is 2.39. The number of aromatic amines is 1. The first kappa shape index (κ1) is 49.6. The van der Waals surface area contributed by atoms with Gasteiger partial charge in [0.2, 0.25) is 41.4 Å². The highest BCUT2D eigenvalue weighted by molar-refractivity contribution is 5.97. The van der Waals surface area contributed by atoms with Gasteiger partial charge in [-0.25, -0.2) is 4.98 Å². The second-order valence-corrected chi connectivity index (χ2v) is 15.1. The van der Waals surface area contributed by atoms with Crippen molar-refractivity contribution in [3.05, 3.63) is 48.0 Å². The van der Waals surface area contributed by atoms with Crippen LogP contribution in [0.4, 0.5) is 0 Å². The third-order valence-electron chi connectivity index (χ3n) is 9.79. The van der Waals surface area contributed by atoms with E-state index in [0.29, 0.717) is 24.1 Å². The Morgan fingerprint density at radius 3 is 2.16 bits per heavy atom. The first-order valence-electron chi connectivity index (χ1n) is 20.2. The molecule has 3 rings (SSSR count). The molecular formula is C39H59N13O10. The number of guanidine groups is 1. The summed E-state index contributed by atoms with van der Waals surface area (Å²) in [7, 11) is 1.56. The van der Waals surface area contributed by atoms with Gasteiger partial charge in [0.15, 0.2) is 5.96 Å². The lowest BCUT2D eigenvalue weighted by molar-refractivity contribution is -0.143. The second kappa shape index (κ2) is 24.5. The van der Waals surface area contributed by atoms with E-state index in [4.69, 9.17) is 16.6 Å². The molecule has 23 heteroatoms. The van der Waals surface area contributed by atoms with E-state index in [2.05, 4.69) is 52.2 Å². The fraction of sp³-hybridized carbons (Fsp3) is 0.538. The first-order chi connectivity index (χ1) is 29.4. The van der Waals surface area contributed by atoms with Crippen LogP contribution in [0.3, 0.4) is 0 Å². The minimum Gasteiger partial charge on any atom is -0.508 e. The molecule has 1 aromatic carbocycles. The van der Waals surface area contributed by atoms with Gasteiger partial charge in [-0.3, -0.25) is 43.3 Å². The molecule has 340 valence electrons. The van der Waals surface area contributed by atoms with Crippen molar-refractivity contribution in [2.24, 2.45) is 22.4 Å². The monoisotopic (exact) mass is 869 g/mol.